The topological polar surface area (TPSA) is 18.5 Å². The van der Waals surface area contributed by atoms with Gasteiger partial charge in [-0.15, -0.1) is 0 Å². The fourth-order valence-electron chi connectivity index (χ4n) is 1.13. The molecule has 3 heteroatoms. The molecule has 0 aliphatic heterocycles. The van der Waals surface area contributed by atoms with E-state index in [4.69, 9.17) is 9.47 Å². The molecule has 0 aliphatic rings. The van der Waals surface area contributed by atoms with Gasteiger partial charge in [-0.25, -0.2) is 0 Å². The summed E-state index contributed by atoms with van der Waals surface area (Å²) in [5.74, 6) is -0.680. The SMILES string of the molecule is COC(C)(OC)c1ccccc1Br. The first kappa shape index (κ1) is 10.7. The van der Waals surface area contributed by atoms with Crippen molar-refractivity contribution in [1.29, 1.82) is 0 Å². The van der Waals surface area contributed by atoms with Gasteiger partial charge in [0.2, 0.25) is 0 Å². The van der Waals surface area contributed by atoms with Crippen molar-refractivity contribution in [3.63, 3.8) is 0 Å². The molecule has 0 spiro atoms. The van der Waals surface area contributed by atoms with Gasteiger partial charge >= 0.3 is 0 Å². The number of halogens is 1. The van der Waals surface area contributed by atoms with Crippen molar-refractivity contribution in [2.24, 2.45) is 0 Å². The molecule has 0 radical (unpaired) electrons. The highest BCUT2D eigenvalue weighted by molar-refractivity contribution is 9.10. The predicted octanol–water partition coefficient (Wildman–Crippen LogP) is 2.91. The third-order valence-corrected chi connectivity index (χ3v) is 2.83. The quantitative estimate of drug-likeness (QED) is 0.762. The molecule has 0 amide bonds. The third kappa shape index (κ3) is 2.10. The van der Waals surface area contributed by atoms with Crippen molar-refractivity contribution in [3.8, 4) is 0 Å². The van der Waals surface area contributed by atoms with E-state index in [1.807, 2.05) is 31.2 Å². The molecule has 0 saturated carbocycles. The molecule has 1 rings (SSSR count). The lowest BCUT2D eigenvalue weighted by Gasteiger charge is -2.27. The minimum Gasteiger partial charge on any atom is -0.349 e. The smallest absolute Gasteiger partial charge is 0.192 e. The maximum absolute atomic E-state index is 5.30. The summed E-state index contributed by atoms with van der Waals surface area (Å²) >= 11 is 3.45. The molecule has 72 valence electrons. The van der Waals surface area contributed by atoms with Gasteiger partial charge in [0.15, 0.2) is 5.79 Å². The maximum Gasteiger partial charge on any atom is 0.192 e. The lowest BCUT2D eigenvalue weighted by Crippen LogP contribution is -2.26. The first-order chi connectivity index (χ1) is 6.14. The summed E-state index contributed by atoms with van der Waals surface area (Å²) < 4.78 is 11.6. The lowest BCUT2D eigenvalue weighted by molar-refractivity contribution is -0.202. The largest absolute Gasteiger partial charge is 0.349 e. The fourth-order valence-corrected chi connectivity index (χ4v) is 1.78. The average molecular weight is 245 g/mol. The molecule has 0 fully saturated rings. The number of ether oxygens (including phenoxy) is 2. The van der Waals surface area contributed by atoms with E-state index in [2.05, 4.69) is 15.9 Å². The zero-order valence-corrected chi connectivity index (χ0v) is 9.59. The Morgan fingerprint density at radius 2 is 1.69 bits per heavy atom. The molecular weight excluding hydrogens is 232 g/mol. The second-order valence-electron chi connectivity index (χ2n) is 2.83. The highest BCUT2D eigenvalue weighted by Crippen LogP contribution is 2.31. The normalized spacial score (nSPS) is 11.7. The van der Waals surface area contributed by atoms with Gasteiger partial charge in [-0.3, -0.25) is 0 Å². The highest BCUT2D eigenvalue weighted by Gasteiger charge is 2.27. The Bertz CT molecular complexity index is 282. The van der Waals surface area contributed by atoms with E-state index in [0.717, 1.165) is 10.0 Å². The number of hydrogen-bond acceptors (Lipinski definition) is 2. The Morgan fingerprint density at radius 3 is 2.15 bits per heavy atom. The maximum atomic E-state index is 5.30. The van der Waals surface area contributed by atoms with Crippen LogP contribution in [0.5, 0.6) is 0 Å². The van der Waals surface area contributed by atoms with Crippen LogP contribution in [0.1, 0.15) is 12.5 Å². The van der Waals surface area contributed by atoms with Gasteiger partial charge in [-0.2, -0.15) is 0 Å². The monoisotopic (exact) mass is 244 g/mol. The van der Waals surface area contributed by atoms with E-state index >= 15 is 0 Å². The summed E-state index contributed by atoms with van der Waals surface area (Å²) in [6, 6.07) is 7.85. The minimum atomic E-state index is -0.680. The van der Waals surface area contributed by atoms with Crippen LogP contribution in [-0.4, -0.2) is 14.2 Å². The Labute approximate surface area is 87.0 Å². The number of hydrogen-bond donors (Lipinski definition) is 0. The number of rotatable bonds is 3. The van der Waals surface area contributed by atoms with Crippen LogP contribution in [0.15, 0.2) is 28.7 Å². The van der Waals surface area contributed by atoms with Crippen molar-refractivity contribution in [3.05, 3.63) is 34.3 Å². The summed E-state index contributed by atoms with van der Waals surface area (Å²) in [7, 11) is 3.26. The van der Waals surface area contributed by atoms with Crippen LogP contribution in [-0.2, 0) is 15.3 Å². The zero-order valence-electron chi connectivity index (χ0n) is 8.00. The summed E-state index contributed by atoms with van der Waals surface area (Å²) in [4.78, 5) is 0. The van der Waals surface area contributed by atoms with Gasteiger partial charge in [0.1, 0.15) is 0 Å². The molecule has 0 atom stereocenters. The van der Waals surface area contributed by atoms with Gasteiger partial charge in [-0.1, -0.05) is 34.1 Å². The minimum absolute atomic E-state index is 0.680. The van der Waals surface area contributed by atoms with Crippen LogP contribution >= 0.6 is 15.9 Å². The van der Waals surface area contributed by atoms with Gasteiger partial charge in [0.05, 0.1) is 0 Å². The van der Waals surface area contributed by atoms with Crippen molar-refractivity contribution in [2.45, 2.75) is 12.7 Å². The molecule has 0 aromatic heterocycles. The van der Waals surface area contributed by atoms with Crippen LogP contribution in [0.25, 0.3) is 0 Å². The first-order valence-electron chi connectivity index (χ1n) is 3.99. The molecule has 1 aromatic carbocycles. The van der Waals surface area contributed by atoms with Crippen molar-refractivity contribution in [1.82, 2.24) is 0 Å². The fraction of sp³-hybridized carbons (Fsp3) is 0.400. The molecule has 13 heavy (non-hydrogen) atoms. The molecule has 0 saturated heterocycles. The molecule has 0 N–H and O–H groups in total. The van der Waals surface area contributed by atoms with Crippen molar-refractivity contribution >= 4 is 15.9 Å². The van der Waals surface area contributed by atoms with Gasteiger partial charge in [-0.05, 0) is 13.0 Å². The molecule has 0 heterocycles. The second kappa shape index (κ2) is 4.22. The Hall–Kier alpha value is -0.380. The second-order valence-corrected chi connectivity index (χ2v) is 3.69. The molecule has 0 aliphatic carbocycles. The Balaban J connectivity index is 3.12. The van der Waals surface area contributed by atoms with Crippen LogP contribution < -0.4 is 0 Å². The van der Waals surface area contributed by atoms with Gasteiger partial charge in [0, 0.05) is 24.3 Å². The molecule has 0 bridgehead atoms. The Kier molecular flexibility index (Phi) is 3.47. The van der Waals surface area contributed by atoms with Crippen LogP contribution in [0.4, 0.5) is 0 Å². The van der Waals surface area contributed by atoms with Crippen molar-refractivity contribution in [2.75, 3.05) is 14.2 Å². The van der Waals surface area contributed by atoms with E-state index < -0.39 is 5.79 Å². The zero-order chi connectivity index (χ0) is 9.90. The van der Waals surface area contributed by atoms with Crippen LogP contribution in [0.3, 0.4) is 0 Å². The summed E-state index contributed by atoms with van der Waals surface area (Å²) in [5, 5.41) is 0. The van der Waals surface area contributed by atoms with Gasteiger partial charge < -0.3 is 9.47 Å². The lowest BCUT2D eigenvalue weighted by atomic mass is 10.1. The first-order valence-corrected chi connectivity index (χ1v) is 4.78. The summed E-state index contributed by atoms with van der Waals surface area (Å²) in [5.41, 5.74) is 0.986. The molecule has 0 unspecified atom stereocenters. The van der Waals surface area contributed by atoms with E-state index in [-0.39, 0.29) is 0 Å². The van der Waals surface area contributed by atoms with E-state index in [1.165, 1.54) is 0 Å². The van der Waals surface area contributed by atoms with E-state index in [0.29, 0.717) is 0 Å². The standard InChI is InChI=1S/C10H13BrO2/c1-10(12-2,13-3)8-6-4-5-7-9(8)11/h4-7H,1-3H3. The average Bonchev–Trinajstić information content (AvgIpc) is 2.17. The third-order valence-electron chi connectivity index (χ3n) is 2.14. The van der Waals surface area contributed by atoms with E-state index in [9.17, 15) is 0 Å². The van der Waals surface area contributed by atoms with Gasteiger partial charge in [0.25, 0.3) is 0 Å². The molecular formula is C10H13BrO2. The summed E-state index contributed by atoms with van der Waals surface area (Å²) in [6.45, 7) is 1.88. The van der Waals surface area contributed by atoms with Crippen LogP contribution in [0.2, 0.25) is 0 Å². The van der Waals surface area contributed by atoms with E-state index in [1.54, 1.807) is 14.2 Å². The van der Waals surface area contributed by atoms with Crippen LogP contribution in [0, 0.1) is 0 Å². The predicted molar refractivity (Wildman–Crippen MR) is 55.5 cm³/mol. The number of methoxy groups -OCH3 is 2. The Morgan fingerprint density at radius 1 is 1.15 bits per heavy atom. The molecule has 1 aromatic rings. The summed E-state index contributed by atoms with van der Waals surface area (Å²) in [6.07, 6.45) is 0. The highest BCUT2D eigenvalue weighted by atomic mass is 79.9. The molecule has 2 nitrogen and oxygen atoms in total. The van der Waals surface area contributed by atoms with Crippen molar-refractivity contribution < 1.29 is 9.47 Å². The number of benzene rings is 1.